The lowest BCUT2D eigenvalue weighted by Gasteiger charge is -2.36. The number of pyridine rings is 1. The molecule has 1 aliphatic carbocycles. The molecule has 1 saturated heterocycles. The van der Waals surface area contributed by atoms with Crippen molar-refractivity contribution in [2.75, 3.05) is 4.90 Å². The van der Waals surface area contributed by atoms with Crippen LogP contribution >= 0.6 is 23.4 Å². The zero-order valence-corrected chi connectivity index (χ0v) is 21.9. The van der Waals surface area contributed by atoms with E-state index in [9.17, 15) is 27.9 Å². The van der Waals surface area contributed by atoms with E-state index in [-0.39, 0.29) is 40.3 Å². The van der Waals surface area contributed by atoms with Crippen LogP contribution in [0.25, 0.3) is 17.0 Å². The minimum atomic E-state index is -5.09. The molecule has 2 amide bonds. The quantitative estimate of drug-likeness (QED) is 0.374. The fourth-order valence-corrected chi connectivity index (χ4v) is 5.60. The highest BCUT2D eigenvalue weighted by Crippen LogP contribution is 2.37. The maximum atomic E-state index is 13.5. The third-order valence-corrected chi connectivity index (χ3v) is 7.73. The van der Waals surface area contributed by atoms with Gasteiger partial charge in [-0.15, -0.1) is 0 Å². The van der Waals surface area contributed by atoms with Gasteiger partial charge in [0.15, 0.2) is 5.17 Å². The van der Waals surface area contributed by atoms with E-state index >= 15 is 0 Å². The molecule has 2 fully saturated rings. The van der Waals surface area contributed by atoms with Crippen LogP contribution < -0.4 is 10.2 Å². The first-order valence-electron chi connectivity index (χ1n) is 12.1. The molecule has 5 rings (SSSR count). The number of alkyl halides is 3. The Balaban J connectivity index is 1.43. The summed E-state index contributed by atoms with van der Waals surface area (Å²) in [6.07, 6.45) is -1.26. The van der Waals surface area contributed by atoms with Gasteiger partial charge >= 0.3 is 12.1 Å². The van der Waals surface area contributed by atoms with Crippen molar-refractivity contribution >= 4 is 68.7 Å². The molecule has 1 aromatic heterocycles. The number of fused-ring (bicyclic) bond motifs is 1. The highest BCUT2D eigenvalue weighted by atomic mass is 35.5. The second-order valence-electron chi connectivity index (χ2n) is 9.21. The Labute approximate surface area is 230 Å². The molecule has 1 aliphatic heterocycles. The van der Waals surface area contributed by atoms with E-state index in [1.54, 1.807) is 12.3 Å². The summed E-state index contributed by atoms with van der Waals surface area (Å²) in [6, 6.07) is 12.6. The van der Waals surface area contributed by atoms with Gasteiger partial charge in [-0.1, -0.05) is 23.7 Å². The number of anilines is 1. The second-order valence-corrected chi connectivity index (χ2v) is 10.6. The summed E-state index contributed by atoms with van der Waals surface area (Å²) in [6.45, 7) is 0. The third-order valence-electron chi connectivity index (χ3n) is 6.50. The summed E-state index contributed by atoms with van der Waals surface area (Å²) in [4.78, 5) is 34.8. The molecule has 2 N–H and O–H groups in total. The Morgan fingerprint density at radius 3 is 2.67 bits per heavy atom. The number of hydrogen-bond donors (Lipinski definition) is 2. The first-order valence-corrected chi connectivity index (χ1v) is 13.3. The van der Waals surface area contributed by atoms with E-state index in [1.807, 2.05) is 30.3 Å². The predicted octanol–water partition coefficient (Wildman–Crippen LogP) is 5.98. The minimum absolute atomic E-state index is 0.0164. The number of carbonyl (C=O) groups excluding carboxylic acids is 2. The number of amides is 2. The number of halogens is 4. The van der Waals surface area contributed by atoms with Crippen molar-refractivity contribution in [2.24, 2.45) is 4.99 Å². The Kier molecular flexibility index (Phi) is 7.66. The smallest absolute Gasteiger partial charge is 0.393 e. The normalized spacial score (nSPS) is 21.9. The van der Waals surface area contributed by atoms with Gasteiger partial charge in [0, 0.05) is 23.3 Å². The highest BCUT2D eigenvalue weighted by molar-refractivity contribution is 8.18. The van der Waals surface area contributed by atoms with Gasteiger partial charge in [-0.3, -0.25) is 14.6 Å². The molecule has 39 heavy (non-hydrogen) atoms. The second kappa shape index (κ2) is 11.0. The number of aromatic nitrogens is 1. The summed E-state index contributed by atoms with van der Waals surface area (Å²) < 4.78 is 40.6. The lowest BCUT2D eigenvalue weighted by molar-refractivity contribution is -0.171. The summed E-state index contributed by atoms with van der Waals surface area (Å²) in [5, 5.41) is 13.7. The standard InChI is InChI=1S/C27H22ClF3N4O3S/c28-20-9-6-18(35(25(38)27(29,30)31)17-4-7-19(36)8-5-17)14-22(20)33-26-34-24(37)23(39-26)13-15-3-10-21-16(12-15)2-1-11-32-21/h1-3,6,9-14,17,19,36H,4-5,7-8H2,(H,33,34,37). The van der Waals surface area contributed by atoms with Crippen LogP contribution in [0.5, 0.6) is 0 Å². The van der Waals surface area contributed by atoms with Crippen LogP contribution in [0.2, 0.25) is 5.02 Å². The van der Waals surface area contributed by atoms with Crippen LogP contribution in [0, 0.1) is 0 Å². The lowest BCUT2D eigenvalue weighted by Crippen LogP contribution is -2.49. The van der Waals surface area contributed by atoms with Crippen LogP contribution in [0.15, 0.2) is 64.6 Å². The summed E-state index contributed by atoms with van der Waals surface area (Å²) >= 11 is 7.37. The molecule has 7 nitrogen and oxygen atoms in total. The molecule has 0 radical (unpaired) electrons. The molecule has 202 valence electrons. The zero-order valence-electron chi connectivity index (χ0n) is 20.3. The molecular weight excluding hydrogens is 553 g/mol. The summed E-state index contributed by atoms with van der Waals surface area (Å²) in [5.41, 5.74) is 1.69. The van der Waals surface area contributed by atoms with E-state index in [1.165, 1.54) is 18.2 Å². The van der Waals surface area contributed by atoms with Crippen LogP contribution in [-0.2, 0) is 9.59 Å². The maximum Gasteiger partial charge on any atom is 0.471 e. The minimum Gasteiger partial charge on any atom is -0.393 e. The molecule has 2 aliphatic rings. The van der Waals surface area contributed by atoms with Gasteiger partial charge in [0.2, 0.25) is 0 Å². The van der Waals surface area contributed by atoms with Gasteiger partial charge in [-0.05, 0) is 85.5 Å². The maximum absolute atomic E-state index is 13.5. The number of amidine groups is 1. The number of carbonyl (C=O) groups is 2. The SMILES string of the molecule is O=C1NC(=Nc2cc(N(C(=O)C(F)(F)F)C3CCC(O)CC3)ccc2Cl)SC1=Cc1ccc2ncccc2c1. The Morgan fingerprint density at radius 2 is 1.92 bits per heavy atom. The zero-order chi connectivity index (χ0) is 27.7. The van der Waals surface area contributed by atoms with Crippen molar-refractivity contribution in [2.45, 2.75) is 44.0 Å². The van der Waals surface area contributed by atoms with E-state index in [4.69, 9.17) is 11.6 Å². The molecule has 3 aromatic rings. The Hall–Kier alpha value is -3.41. The van der Waals surface area contributed by atoms with Crippen molar-refractivity contribution in [3.8, 4) is 0 Å². The Morgan fingerprint density at radius 1 is 1.15 bits per heavy atom. The number of aliphatic hydroxyl groups is 1. The average Bonchev–Trinajstić information content (AvgIpc) is 3.24. The largest absolute Gasteiger partial charge is 0.471 e. The number of rotatable bonds is 4. The monoisotopic (exact) mass is 574 g/mol. The van der Waals surface area contributed by atoms with Crippen molar-refractivity contribution in [1.82, 2.24) is 10.3 Å². The van der Waals surface area contributed by atoms with E-state index in [0.717, 1.165) is 28.2 Å². The fourth-order valence-electron chi connectivity index (χ4n) is 4.61. The van der Waals surface area contributed by atoms with E-state index < -0.39 is 24.2 Å². The van der Waals surface area contributed by atoms with Gasteiger partial charge in [-0.2, -0.15) is 13.2 Å². The first-order chi connectivity index (χ1) is 18.6. The average molecular weight is 575 g/mol. The number of aliphatic imine (C=N–C) groups is 1. The van der Waals surface area contributed by atoms with Gasteiger partial charge in [0.25, 0.3) is 5.91 Å². The van der Waals surface area contributed by atoms with E-state index in [2.05, 4.69) is 15.3 Å². The summed E-state index contributed by atoms with van der Waals surface area (Å²) in [7, 11) is 0. The van der Waals surface area contributed by atoms with Crippen molar-refractivity contribution in [1.29, 1.82) is 0 Å². The molecule has 12 heteroatoms. The number of nitrogens with one attached hydrogen (secondary N) is 1. The predicted molar refractivity (Wildman–Crippen MR) is 146 cm³/mol. The van der Waals surface area contributed by atoms with Gasteiger partial charge in [0.1, 0.15) is 0 Å². The third kappa shape index (κ3) is 6.10. The van der Waals surface area contributed by atoms with Gasteiger partial charge in [-0.25, -0.2) is 4.99 Å². The number of aliphatic hydroxyl groups excluding tert-OH is 1. The number of thioether (sulfide) groups is 1. The van der Waals surface area contributed by atoms with Crippen LogP contribution in [0.4, 0.5) is 24.5 Å². The topological polar surface area (TPSA) is 94.9 Å². The summed E-state index contributed by atoms with van der Waals surface area (Å²) in [5.74, 6) is -2.38. The van der Waals surface area contributed by atoms with Crippen LogP contribution in [-0.4, -0.2) is 45.4 Å². The molecule has 0 spiro atoms. The number of benzene rings is 2. The molecule has 2 aromatic carbocycles. The van der Waals surface area contributed by atoms with E-state index in [0.29, 0.717) is 22.6 Å². The molecule has 2 heterocycles. The molecule has 1 saturated carbocycles. The van der Waals surface area contributed by atoms with Gasteiger partial charge in [0.05, 0.1) is 27.2 Å². The Bertz CT molecular complexity index is 1500. The van der Waals surface area contributed by atoms with Crippen molar-refractivity contribution in [3.05, 3.63) is 70.2 Å². The molecule has 0 unspecified atom stereocenters. The lowest BCUT2D eigenvalue weighted by atomic mass is 9.91. The number of hydrogen-bond acceptors (Lipinski definition) is 6. The first kappa shape index (κ1) is 27.2. The number of nitrogens with zero attached hydrogens (tertiary/aromatic N) is 3. The molecular formula is C27H22ClF3N4O3S. The fraction of sp³-hybridized carbons (Fsp3) is 0.259. The van der Waals surface area contributed by atoms with Crippen molar-refractivity contribution < 1.29 is 27.9 Å². The van der Waals surface area contributed by atoms with Crippen LogP contribution in [0.1, 0.15) is 31.2 Å². The molecule has 0 bridgehead atoms. The van der Waals surface area contributed by atoms with Gasteiger partial charge < -0.3 is 15.3 Å². The highest BCUT2D eigenvalue weighted by Gasteiger charge is 2.46. The van der Waals surface area contributed by atoms with Crippen LogP contribution in [0.3, 0.4) is 0 Å². The van der Waals surface area contributed by atoms with Crippen molar-refractivity contribution in [3.63, 3.8) is 0 Å². The molecule has 0 atom stereocenters.